The predicted octanol–water partition coefficient (Wildman–Crippen LogP) is 2.93. The number of hydrogen-bond acceptors (Lipinski definition) is 6. The summed E-state index contributed by atoms with van der Waals surface area (Å²) in [6, 6.07) is 5.41. The van der Waals surface area contributed by atoms with Gasteiger partial charge < -0.3 is 10.1 Å². The Kier molecular flexibility index (Phi) is 5.93. The number of carbonyl (C=O) groups is 1. The van der Waals surface area contributed by atoms with Gasteiger partial charge in [-0.25, -0.2) is 4.68 Å². The second-order valence-corrected chi connectivity index (χ2v) is 7.73. The maximum Gasteiger partial charge on any atom is 0.237 e. The first-order valence-corrected chi connectivity index (χ1v) is 9.40. The lowest BCUT2D eigenvalue weighted by molar-refractivity contribution is -0.115. The van der Waals surface area contributed by atoms with Crippen LogP contribution in [0.1, 0.15) is 25.3 Å². The molecule has 1 aliphatic rings. The van der Waals surface area contributed by atoms with Gasteiger partial charge in [0, 0.05) is 17.3 Å². The third-order valence-corrected chi connectivity index (χ3v) is 5.31. The zero-order valence-corrected chi connectivity index (χ0v) is 15.7. The van der Waals surface area contributed by atoms with E-state index in [2.05, 4.69) is 20.8 Å². The largest absolute Gasteiger partial charge is 0.376 e. The standard InChI is InChI=1S/C16H20ClN5O2S/c1-10-5-6-12(17)8-14(10)18-15(23)11(2)25-16-19-20-21-22(16)9-13-4-3-7-24-13/h5-6,8,11,13H,3-4,7,9H2,1-2H3,(H,18,23)/t11-,13-/m0/s1. The van der Waals surface area contributed by atoms with Crippen LogP contribution < -0.4 is 5.32 Å². The Morgan fingerprint density at radius 3 is 3.16 bits per heavy atom. The number of nitrogens with zero attached hydrogens (tertiary/aromatic N) is 4. The van der Waals surface area contributed by atoms with Crippen LogP contribution in [-0.2, 0) is 16.1 Å². The van der Waals surface area contributed by atoms with Gasteiger partial charge in [-0.05, 0) is 54.8 Å². The van der Waals surface area contributed by atoms with Gasteiger partial charge in [-0.3, -0.25) is 4.79 Å². The lowest BCUT2D eigenvalue weighted by atomic mass is 10.2. The van der Waals surface area contributed by atoms with Crippen LogP contribution in [0.5, 0.6) is 0 Å². The summed E-state index contributed by atoms with van der Waals surface area (Å²) < 4.78 is 7.32. The summed E-state index contributed by atoms with van der Waals surface area (Å²) in [5.74, 6) is -0.123. The summed E-state index contributed by atoms with van der Waals surface area (Å²) in [5.41, 5.74) is 1.67. The molecule has 2 atom stereocenters. The number of benzene rings is 1. The maximum atomic E-state index is 12.5. The molecule has 1 fully saturated rings. The van der Waals surface area contributed by atoms with Crippen LogP contribution in [-0.4, -0.2) is 44.1 Å². The first-order valence-electron chi connectivity index (χ1n) is 8.14. The van der Waals surface area contributed by atoms with Crippen molar-refractivity contribution in [3.63, 3.8) is 0 Å². The summed E-state index contributed by atoms with van der Waals surface area (Å²) in [6.07, 6.45) is 2.21. The van der Waals surface area contributed by atoms with Crippen molar-refractivity contribution in [1.29, 1.82) is 0 Å². The van der Waals surface area contributed by atoms with E-state index in [9.17, 15) is 4.79 Å². The molecular weight excluding hydrogens is 362 g/mol. The number of nitrogens with one attached hydrogen (secondary N) is 1. The van der Waals surface area contributed by atoms with Crippen molar-refractivity contribution in [2.75, 3.05) is 11.9 Å². The number of hydrogen-bond donors (Lipinski definition) is 1. The number of ether oxygens (including phenoxy) is 1. The lowest BCUT2D eigenvalue weighted by Gasteiger charge is -2.14. The molecule has 0 unspecified atom stereocenters. The number of rotatable bonds is 6. The minimum absolute atomic E-state index is 0.123. The second-order valence-electron chi connectivity index (χ2n) is 5.99. The van der Waals surface area contributed by atoms with Gasteiger partial charge in [0.15, 0.2) is 0 Å². The maximum absolute atomic E-state index is 12.5. The minimum Gasteiger partial charge on any atom is -0.376 e. The number of aromatic nitrogens is 4. The molecule has 1 saturated heterocycles. The van der Waals surface area contributed by atoms with Gasteiger partial charge in [0.1, 0.15) is 0 Å². The van der Waals surface area contributed by atoms with Gasteiger partial charge in [0.05, 0.1) is 17.9 Å². The monoisotopic (exact) mass is 381 g/mol. The van der Waals surface area contributed by atoms with Crippen molar-refractivity contribution < 1.29 is 9.53 Å². The van der Waals surface area contributed by atoms with Gasteiger partial charge in [-0.2, -0.15) is 0 Å². The van der Waals surface area contributed by atoms with Gasteiger partial charge in [-0.1, -0.05) is 29.4 Å². The van der Waals surface area contributed by atoms with E-state index >= 15 is 0 Å². The molecule has 0 saturated carbocycles. The number of aryl methyl sites for hydroxylation is 1. The van der Waals surface area contributed by atoms with Crippen molar-refractivity contribution in [2.24, 2.45) is 0 Å². The number of anilines is 1. The molecule has 1 aromatic carbocycles. The fourth-order valence-corrected chi connectivity index (χ4v) is 3.52. The van der Waals surface area contributed by atoms with E-state index < -0.39 is 0 Å². The minimum atomic E-state index is -0.354. The van der Waals surface area contributed by atoms with Crippen LogP contribution in [0.3, 0.4) is 0 Å². The topological polar surface area (TPSA) is 81.9 Å². The SMILES string of the molecule is Cc1ccc(Cl)cc1NC(=O)[C@H](C)Sc1nnnn1C[C@@H]1CCCO1. The van der Waals surface area contributed by atoms with E-state index in [1.807, 2.05) is 19.9 Å². The zero-order valence-electron chi connectivity index (χ0n) is 14.1. The van der Waals surface area contributed by atoms with Gasteiger partial charge in [0.25, 0.3) is 0 Å². The van der Waals surface area contributed by atoms with Crippen molar-refractivity contribution >= 4 is 35.0 Å². The lowest BCUT2D eigenvalue weighted by Crippen LogP contribution is -2.24. The molecule has 1 amide bonds. The average Bonchev–Trinajstić information content (AvgIpc) is 3.24. The molecule has 134 valence electrons. The van der Waals surface area contributed by atoms with Gasteiger partial charge in [0.2, 0.25) is 11.1 Å². The fourth-order valence-electron chi connectivity index (χ4n) is 2.55. The number of tetrazole rings is 1. The highest BCUT2D eigenvalue weighted by atomic mass is 35.5. The van der Waals surface area contributed by atoms with E-state index in [1.54, 1.807) is 16.8 Å². The zero-order chi connectivity index (χ0) is 17.8. The molecule has 7 nitrogen and oxygen atoms in total. The van der Waals surface area contributed by atoms with Crippen LogP contribution in [0, 0.1) is 6.92 Å². The van der Waals surface area contributed by atoms with Crippen molar-refractivity contribution in [3.05, 3.63) is 28.8 Å². The second kappa shape index (κ2) is 8.16. The Morgan fingerprint density at radius 2 is 2.40 bits per heavy atom. The molecule has 9 heteroatoms. The first-order chi connectivity index (χ1) is 12.0. The predicted molar refractivity (Wildman–Crippen MR) is 96.9 cm³/mol. The van der Waals surface area contributed by atoms with Crippen LogP contribution in [0.4, 0.5) is 5.69 Å². The number of halogens is 1. The molecule has 1 aromatic heterocycles. The first kappa shape index (κ1) is 18.2. The van der Waals surface area contributed by atoms with Gasteiger partial charge in [-0.15, -0.1) is 5.10 Å². The van der Waals surface area contributed by atoms with Crippen molar-refractivity contribution in [1.82, 2.24) is 20.2 Å². The van der Waals surface area contributed by atoms with E-state index in [0.29, 0.717) is 22.4 Å². The quantitative estimate of drug-likeness (QED) is 0.775. The molecular formula is C16H20ClN5O2S. The van der Waals surface area contributed by atoms with Crippen LogP contribution in [0.25, 0.3) is 0 Å². The van der Waals surface area contributed by atoms with Crippen molar-refractivity contribution in [3.8, 4) is 0 Å². The summed E-state index contributed by atoms with van der Waals surface area (Å²) in [7, 11) is 0. The van der Waals surface area contributed by atoms with E-state index in [0.717, 1.165) is 25.0 Å². The van der Waals surface area contributed by atoms with E-state index in [1.165, 1.54) is 11.8 Å². The average molecular weight is 382 g/mol. The molecule has 2 heterocycles. The van der Waals surface area contributed by atoms with Crippen LogP contribution in [0.15, 0.2) is 23.4 Å². The molecule has 1 N–H and O–H groups in total. The Labute approximate surface area is 155 Å². The molecule has 0 spiro atoms. The molecule has 0 bridgehead atoms. The molecule has 1 aliphatic heterocycles. The summed E-state index contributed by atoms with van der Waals surface area (Å²) in [6.45, 7) is 5.14. The Morgan fingerprint density at radius 1 is 1.56 bits per heavy atom. The number of amides is 1. The molecule has 0 radical (unpaired) electrons. The normalized spacial score (nSPS) is 18.3. The number of carbonyl (C=O) groups excluding carboxylic acids is 1. The smallest absolute Gasteiger partial charge is 0.237 e. The highest BCUT2D eigenvalue weighted by molar-refractivity contribution is 8.00. The van der Waals surface area contributed by atoms with Crippen LogP contribution in [0.2, 0.25) is 5.02 Å². The van der Waals surface area contributed by atoms with Crippen LogP contribution >= 0.6 is 23.4 Å². The Balaban J connectivity index is 1.61. The third kappa shape index (κ3) is 4.71. The molecule has 2 aromatic rings. The molecule has 3 rings (SSSR count). The van der Waals surface area contributed by atoms with Gasteiger partial charge >= 0.3 is 0 Å². The number of thioether (sulfide) groups is 1. The third-order valence-electron chi connectivity index (χ3n) is 4.01. The van der Waals surface area contributed by atoms with Crippen molar-refractivity contribution in [2.45, 2.75) is 49.7 Å². The summed E-state index contributed by atoms with van der Waals surface area (Å²) >= 11 is 7.32. The fraction of sp³-hybridized carbons (Fsp3) is 0.500. The summed E-state index contributed by atoms with van der Waals surface area (Å²) in [4.78, 5) is 12.5. The highest BCUT2D eigenvalue weighted by Crippen LogP contribution is 2.25. The van der Waals surface area contributed by atoms with E-state index in [-0.39, 0.29) is 17.3 Å². The van der Waals surface area contributed by atoms with E-state index in [4.69, 9.17) is 16.3 Å². The Bertz CT molecular complexity index is 748. The summed E-state index contributed by atoms with van der Waals surface area (Å²) in [5, 5.41) is 15.5. The highest BCUT2D eigenvalue weighted by Gasteiger charge is 2.22. The molecule has 0 aliphatic carbocycles. The molecule has 25 heavy (non-hydrogen) atoms. The Hall–Kier alpha value is -1.64.